The molecular weight excluding hydrogens is 684 g/mol. The number of amides is 1. The van der Waals surface area contributed by atoms with Gasteiger partial charge < -0.3 is 31.3 Å². The minimum atomic E-state index is -1.29. The molecule has 1 amide bonds. The van der Waals surface area contributed by atoms with Gasteiger partial charge in [-0.25, -0.2) is 9.59 Å². The first kappa shape index (κ1) is 48.0. The molecule has 0 spiro atoms. The van der Waals surface area contributed by atoms with Gasteiger partial charge in [-0.1, -0.05) is 56.0 Å². The number of carbonyl (C=O) groups excluding carboxylic acids is 4. The molecule has 0 heterocycles. The van der Waals surface area contributed by atoms with Gasteiger partial charge in [0.15, 0.2) is 0 Å². The number of Topliss-reactive ketones (excluding diaryl/α,β-unsaturated/α-hetero) is 3. The third-order valence-corrected chi connectivity index (χ3v) is 8.46. The second-order valence-corrected chi connectivity index (χ2v) is 13.6. The van der Waals surface area contributed by atoms with Crippen molar-refractivity contribution in [1.29, 1.82) is 0 Å². The minimum absolute atomic E-state index is 0. The number of nitrogens with two attached hydrogens (primary N) is 1. The van der Waals surface area contributed by atoms with Gasteiger partial charge in [-0.05, 0) is 80.7 Å². The second-order valence-electron chi connectivity index (χ2n) is 9.31. The molecule has 260 valence electrons. The lowest BCUT2D eigenvalue weighted by atomic mass is 9.98. The van der Waals surface area contributed by atoms with Crippen molar-refractivity contribution in [2.45, 2.75) is 66.0 Å². The highest BCUT2D eigenvalue weighted by atomic mass is 32.7. The minimum Gasteiger partial charge on any atom is -0.481 e. The van der Waals surface area contributed by atoms with Crippen molar-refractivity contribution in [3.05, 3.63) is 59.7 Å². The van der Waals surface area contributed by atoms with E-state index in [2.05, 4.69) is 40.0 Å². The number of aliphatic carboxylic acids is 2. The number of carbonyl (C=O) groups is 6. The Morgan fingerprint density at radius 1 is 0.809 bits per heavy atom. The van der Waals surface area contributed by atoms with Crippen molar-refractivity contribution < 1.29 is 43.7 Å². The molecule has 1 aliphatic carbocycles. The van der Waals surface area contributed by atoms with Gasteiger partial charge >= 0.3 is 12.1 Å². The van der Waals surface area contributed by atoms with Crippen LogP contribution in [0.1, 0.15) is 65.0 Å². The maximum atomic E-state index is 12.0. The first-order valence-electron chi connectivity index (χ1n) is 13.6. The van der Waals surface area contributed by atoms with Crippen LogP contribution in [0, 0.1) is 0 Å². The van der Waals surface area contributed by atoms with Crippen molar-refractivity contribution in [2.24, 2.45) is 5.73 Å². The molecule has 2 atom stereocenters. The summed E-state index contributed by atoms with van der Waals surface area (Å²) in [4.78, 5) is 64.5. The first-order chi connectivity index (χ1) is 21.7. The molecule has 0 fully saturated rings. The number of fused-ring (bicyclic) bond motifs is 3. The third-order valence-electron chi connectivity index (χ3n) is 5.79. The average molecular weight is 730 g/mol. The number of hydrogen-bond donors (Lipinski definition) is 5. The summed E-state index contributed by atoms with van der Waals surface area (Å²) in [7, 11) is 4.91. The van der Waals surface area contributed by atoms with E-state index in [0.717, 1.165) is 43.3 Å². The van der Waals surface area contributed by atoms with Gasteiger partial charge in [-0.3, -0.25) is 19.2 Å². The Morgan fingerprint density at radius 3 is 1.49 bits per heavy atom. The van der Waals surface area contributed by atoms with Crippen LogP contribution < -0.4 is 16.4 Å². The normalized spacial score (nSPS) is 11.6. The molecule has 2 aromatic rings. The summed E-state index contributed by atoms with van der Waals surface area (Å²) in [6.07, 6.45) is -0.828. The molecule has 0 saturated heterocycles. The van der Waals surface area contributed by atoms with E-state index in [0.29, 0.717) is 6.42 Å². The highest BCUT2D eigenvalue weighted by Gasteiger charge is 2.30. The number of carboxylic acids is 2. The number of alkyl carbamates (subject to hydrolysis) is 1. The predicted octanol–water partition coefficient (Wildman–Crippen LogP) is 5.12. The zero-order valence-corrected chi connectivity index (χ0v) is 29.9. The number of ketones is 3. The largest absolute Gasteiger partial charge is 0.481 e. The fraction of sp³-hybridized carbons (Fsp3) is 0.419. The maximum Gasteiger partial charge on any atom is 0.407 e. The molecule has 0 radical (unpaired) electrons. The first-order valence-corrected chi connectivity index (χ1v) is 18.1. The number of ether oxygens (including phenoxy) is 1. The smallest absolute Gasteiger partial charge is 0.407 e. The van der Waals surface area contributed by atoms with Crippen molar-refractivity contribution in [3.8, 4) is 11.1 Å². The van der Waals surface area contributed by atoms with E-state index in [-0.39, 0.29) is 49.8 Å². The Kier molecular flexibility index (Phi) is 28.3. The molecular formula is C31H45N3O9P2S2. The summed E-state index contributed by atoms with van der Waals surface area (Å²) in [5, 5.41) is 21.5. The molecule has 1 aliphatic rings. The van der Waals surface area contributed by atoms with Gasteiger partial charge in [-0.15, -0.1) is 0 Å². The molecule has 47 heavy (non-hydrogen) atoms. The van der Waals surface area contributed by atoms with Gasteiger partial charge in [-0.2, -0.15) is 0 Å². The van der Waals surface area contributed by atoms with Gasteiger partial charge in [0.1, 0.15) is 30.0 Å². The third kappa shape index (κ3) is 20.5. The number of benzene rings is 2. The molecule has 16 heteroatoms. The standard InChI is InChI=1S/C20H19NO5.C7H13NO2.C2H4O2.CH5N.CH4.P2S2/c1-12(22)10-18(19(23)24)21-20(25)26-11-17-15-8-4-2-6-13(15)14-7-3-5-9-16(14)17;1-5(9)4-7(8-3)6(2)10;1-2(3)4;1-2;;3-1-2-4/h2-9,17-18H,10-11H2,1H3,(H,21,25)(H,23,24);7-8H,4H2,1-3H3;1H3,(H,3,4);2H2,1H3;1H4;/t;7-;;;;/m.0..../s1. The number of rotatable bonds is 11. The van der Waals surface area contributed by atoms with E-state index in [4.69, 9.17) is 19.7 Å². The van der Waals surface area contributed by atoms with Crippen LogP contribution in [0.3, 0.4) is 0 Å². The molecule has 0 aliphatic heterocycles. The van der Waals surface area contributed by atoms with Crippen LogP contribution in [-0.2, 0) is 52.3 Å². The number of hydrogen-bond acceptors (Lipinski definition) is 11. The van der Waals surface area contributed by atoms with Crippen LogP contribution in [0.5, 0.6) is 0 Å². The van der Waals surface area contributed by atoms with E-state index >= 15 is 0 Å². The molecule has 12 nitrogen and oxygen atoms in total. The maximum absolute atomic E-state index is 12.0. The molecule has 0 saturated carbocycles. The Bertz CT molecular complexity index is 1290. The summed E-state index contributed by atoms with van der Waals surface area (Å²) >= 11 is 8.82. The molecule has 0 bridgehead atoms. The SMILES string of the molecule is C.CC(=O)CC(NC(=O)OCC1c2ccccc2-c2ccccc21)C(=O)O.CC(=O)O.CN.CN[C@@H](CC(C)=O)C(C)=O.S=PP=S. The van der Waals surface area contributed by atoms with Crippen LogP contribution in [-0.4, -0.2) is 78.4 Å². The van der Waals surface area contributed by atoms with Gasteiger partial charge in [0.25, 0.3) is 5.97 Å². The van der Waals surface area contributed by atoms with Crippen molar-refractivity contribution in [1.82, 2.24) is 10.6 Å². The zero-order chi connectivity index (χ0) is 35.8. The molecule has 2 aromatic carbocycles. The van der Waals surface area contributed by atoms with Crippen LogP contribution in [0.25, 0.3) is 11.1 Å². The van der Waals surface area contributed by atoms with Gasteiger partial charge in [0.05, 0.1) is 6.04 Å². The van der Waals surface area contributed by atoms with Crippen molar-refractivity contribution in [3.63, 3.8) is 0 Å². The summed E-state index contributed by atoms with van der Waals surface area (Å²) in [5.74, 6) is -2.48. The molecule has 1 unspecified atom stereocenters. The topological polar surface area (TPSA) is 202 Å². The lowest BCUT2D eigenvalue weighted by molar-refractivity contribution is -0.141. The summed E-state index contributed by atoms with van der Waals surface area (Å²) in [5.41, 5.74) is 8.86. The van der Waals surface area contributed by atoms with Crippen LogP contribution in [0.15, 0.2) is 48.5 Å². The quantitative estimate of drug-likeness (QED) is 0.191. The lowest BCUT2D eigenvalue weighted by Gasteiger charge is -2.16. The molecule has 6 N–H and O–H groups in total. The van der Waals surface area contributed by atoms with Crippen LogP contribution in [0.2, 0.25) is 0 Å². The Labute approximate surface area is 289 Å². The van der Waals surface area contributed by atoms with Gasteiger partial charge in [0.2, 0.25) is 0 Å². The Balaban J connectivity index is -0.000000765. The highest BCUT2D eigenvalue weighted by molar-refractivity contribution is 8.40. The van der Waals surface area contributed by atoms with E-state index in [1.54, 1.807) is 7.05 Å². The number of likely N-dealkylation sites (N-methyl/N-ethyl adjacent to an activating group) is 1. The van der Waals surface area contributed by atoms with E-state index in [9.17, 15) is 24.0 Å². The molecule has 3 rings (SSSR count). The summed E-state index contributed by atoms with van der Waals surface area (Å²) in [6.45, 7) is 5.40. The summed E-state index contributed by atoms with van der Waals surface area (Å²) < 4.78 is 5.28. The molecule has 0 aromatic heterocycles. The fourth-order valence-corrected chi connectivity index (χ4v) is 4.01. The predicted molar refractivity (Wildman–Crippen MR) is 192 cm³/mol. The highest BCUT2D eigenvalue weighted by Crippen LogP contribution is 2.44. The lowest BCUT2D eigenvalue weighted by Crippen LogP contribution is -2.42. The van der Waals surface area contributed by atoms with Gasteiger partial charge in [0, 0.05) is 39.8 Å². The van der Waals surface area contributed by atoms with Crippen LogP contribution >= 0.6 is 14.1 Å². The van der Waals surface area contributed by atoms with Crippen LogP contribution in [0.4, 0.5) is 4.79 Å². The Hall–Kier alpha value is -3.38. The number of nitrogens with one attached hydrogen (secondary N) is 2. The Morgan fingerprint density at radius 2 is 1.19 bits per heavy atom. The van der Waals surface area contributed by atoms with Crippen molar-refractivity contribution >= 4 is 73.1 Å². The summed E-state index contributed by atoms with van der Waals surface area (Å²) in [6, 6.07) is 14.3. The monoisotopic (exact) mass is 729 g/mol. The van der Waals surface area contributed by atoms with E-state index in [1.165, 1.54) is 27.8 Å². The average Bonchev–Trinajstić information content (AvgIpc) is 3.32. The number of carboxylic acid groups (broad SMARTS) is 2. The van der Waals surface area contributed by atoms with E-state index in [1.807, 2.05) is 48.5 Å². The zero-order valence-electron chi connectivity index (χ0n) is 26.5. The van der Waals surface area contributed by atoms with E-state index < -0.39 is 24.1 Å². The second kappa shape index (κ2) is 27.7. The fourth-order valence-electron chi connectivity index (χ4n) is 4.01. The van der Waals surface area contributed by atoms with Crippen molar-refractivity contribution in [2.75, 3.05) is 20.7 Å².